The maximum atomic E-state index is 12.1. The molecule has 0 aliphatic carbocycles. The van der Waals surface area contributed by atoms with Gasteiger partial charge in [0.2, 0.25) is 0 Å². The fourth-order valence-electron chi connectivity index (χ4n) is 1.90. The molecule has 0 unspecified atom stereocenters. The number of anilines is 1. The lowest BCUT2D eigenvalue weighted by Crippen LogP contribution is -2.40. The van der Waals surface area contributed by atoms with Crippen molar-refractivity contribution in [1.82, 2.24) is 15.3 Å². The first kappa shape index (κ1) is 17.6. The van der Waals surface area contributed by atoms with Gasteiger partial charge in [-0.25, -0.2) is 4.79 Å². The van der Waals surface area contributed by atoms with E-state index in [1.807, 2.05) is 18.0 Å². The molecule has 8 nitrogen and oxygen atoms in total. The van der Waals surface area contributed by atoms with Gasteiger partial charge in [0.1, 0.15) is 23.7 Å². The van der Waals surface area contributed by atoms with Crippen LogP contribution in [0.1, 0.15) is 23.0 Å². The number of aromatic amines is 2. The van der Waals surface area contributed by atoms with Crippen LogP contribution in [-0.2, 0) is 0 Å². The number of amides is 1. The summed E-state index contributed by atoms with van der Waals surface area (Å²) in [5.41, 5.74) is 4.17. The van der Waals surface area contributed by atoms with Crippen molar-refractivity contribution in [1.29, 1.82) is 0 Å². The van der Waals surface area contributed by atoms with Gasteiger partial charge in [-0.2, -0.15) is 0 Å². The zero-order chi connectivity index (χ0) is 17.9. The van der Waals surface area contributed by atoms with Crippen molar-refractivity contribution in [2.45, 2.75) is 19.9 Å². The molecule has 0 saturated carbocycles. The van der Waals surface area contributed by atoms with Crippen molar-refractivity contribution in [3.8, 4) is 5.75 Å². The van der Waals surface area contributed by atoms with Crippen LogP contribution in [0.2, 0.25) is 5.02 Å². The minimum atomic E-state index is -0.817. The Balaban J connectivity index is 2.00. The number of halogens is 1. The smallest absolute Gasteiger partial charge is 0.326 e. The summed E-state index contributed by atoms with van der Waals surface area (Å²) in [6.45, 7) is 3.75. The maximum absolute atomic E-state index is 12.1. The highest BCUT2D eigenvalue weighted by molar-refractivity contribution is 6.31. The molecular weight excluding hydrogens is 336 g/mol. The van der Waals surface area contributed by atoms with Crippen LogP contribution in [0.15, 0.2) is 27.8 Å². The third-order valence-corrected chi connectivity index (χ3v) is 3.63. The van der Waals surface area contributed by atoms with E-state index < -0.39 is 23.2 Å². The predicted octanol–water partition coefficient (Wildman–Crippen LogP) is 0.805. The van der Waals surface area contributed by atoms with E-state index in [1.165, 1.54) is 0 Å². The summed E-state index contributed by atoms with van der Waals surface area (Å²) in [7, 11) is 0. The molecule has 9 heteroatoms. The van der Waals surface area contributed by atoms with Crippen LogP contribution in [0.4, 0.5) is 5.69 Å². The van der Waals surface area contributed by atoms with Gasteiger partial charge in [0.05, 0.1) is 6.04 Å². The van der Waals surface area contributed by atoms with Crippen LogP contribution in [0.25, 0.3) is 0 Å². The van der Waals surface area contributed by atoms with Crippen LogP contribution >= 0.6 is 11.6 Å². The number of carbonyl (C=O) groups is 1. The molecule has 1 aromatic carbocycles. The van der Waals surface area contributed by atoms with Crippen molar-refractivity contribution in [2.75, 3.05) is 12.3 Å². The van der Waals surface area contributed by atoms with E-state index in [9.17, 15) is 14.4 Å². The first-order valence-electron chi connectivity index (χ1n) is 7.10. The van der Waals surface area contributed by atoms with E-state index in [-0.39, 0.29) is 18.0 Å². The fourth-order valence-corrected chi connectivity index (χ4v) is 2.07. The first-order valence-corrected chi connectivity index (χ1v) is 7.47. The number of nitrogens with one attached hydrogen (secondary N) is 3. The second-order valence-corrected chi connectivity index (χ2v) is 5.70. The summed E-state index contributed by atoms with van der Waals surface area (Å²) < 4.78 is 5.55. The van der Waals surface area contributed by atoms with Crippen molar-refractivity contribution >= 4 is 23.2 Å². The molecule has 0 bridgehead atoms. The van der Waals surface area contributed by atoms with Crippen LogP contribution in [0.3, 0.4) is 0 Å². The Hall–Kier alpha value is -2.74. The number of aryl methyl sites for hydroxylation is 1. The summed E-state index contributed by atoms with van der Waals surface area (Å²) >= 11 is 6.01. The van der Waals surface area contributed by atoms with Gasteiger partial charge in [-0.1, -0.05) is 17.7 Å². The summed E-state index contributed by atoms with van der Waals surface area (Å²) in [5, 5.41) is 3.17. The van der Waals surface area contributed by atoms with Gasteiger partial charge in [0.25, 0.3) is 11.5 Å². The third kappa shape index (κ3) is 4.17. The second-order valence-electron chi connectivity index (χ2n) is 5.29. The molecular formula is C15H17ClN4O4. The van der Waals surface area contributed by atoms with Crippen molar-refractivity contribution in [3.05, 3.63) is 55.3 Å². The van der Waals surface area contributed by atoms with E-state index in [1.54, 1.807) is 19.1 Å². The van der Waals surface area contributed by atoms with E-state index in [4.69, 9.17) is 22.1 Å². The molecule has 2 aromatic rings. The molecule has 128 valence electrons. The zero-order valence-electron chi connectivity index (χ0n) is 13.1. The molecule has 0 fully saturated rings. The number of carbonyl (C=O) groups excluding carboxylic acids is 1. The van der Waals surface area contributed by atoms with Gasteiger partial charge in [0, 0.05) is 5.02 Å². The third-order valence-electron chi connectivity index (χ3n) is 3.23. The van der Waals surface area contributed by atoms with Gasteiger partial charge in [-0.3, -0.25) is 14.6 Å². The van der Waals surface area contributed by atoms with Crippen LogP contribution in [0, 0.1) is 6.92 Å². The van der Waals surface area contributed by atoms with Gasteiger partial charge in [-0.05, 0) is 31.5 Å². The van der Waals surface area contributed by atoms with Crippen LogP contribution < -0.4 is 27.0 Å². The molecule has 1 amide bonds. The average molecular weight is 353 g/mol. The Morgan fingerprint density at radius 1 is 1.38 bits per heavy atom. The molecule has 5 N–H and O–H groups in total. The van der Waals surface area contributed by atoms with E-state index in [0.717, 1.165) is 5.56 Å². The quantitative estimate of drug-likeness (QED) is 0.632. The largest absolute Gasteiger partial charge is 0.491 e. The Bertz CT molecular complexity index is 875. The number of ether oxygens (including phenoxy) is 1. The monoisotopic (exact) mass is 352 g/mol. The second kappa shape index (κ2) is 7.22. The Labute approximate surface area is 142 Å². The minimum absolute atomic E-state index is 0.165. The van der Waals surface area contributed by atoms with Gasteiger partial charge >= 0.3 is 5.69 Å². The molecule has 1 heterocycles. The SMILES string of the molecule is Cc1ccc(OC[C@@H](C)NC(=O)c2[nH]c(=O)[nH]c(=O)c2N)cc1Cl. The molecule has 0 aliphatic heterocycles. The number of hydrogen-bond donors (Lipinski definition) is 4. The summed E-state index contributed by atoms with van der Waals surface area (Å²) in [4.78, 5) is 38.9. The van der Waals surface area contributed by atoms with Crippen LogP contribution in [-0.4, -0.2) is 28.5 Å². The highest BCUT2D eigenvalue weighted by atomic mass is 35.5. The van der Waals surface area contributed by atoms with E-state index >= 15 is 0 Å². The molecule has 0 radical (unpaired) electrons. The molecule has 1 atom stereocenters. The maximum Gasteiger partial charge on any atom is 0.326 e. The fraction of sp³-hybridized carbons (Fsp3) is 0.267. The molecule has 2 rings (SSSR count). The molecule has 0 spiro atoms. The van der Waals surface area contributed by atoms with Crippen molar-refractivity contribution in [2.24, 2.45) is 0 Å². The topological polar surface area (TPSA) is 130 Å². The number of aromatic nitrogens is 2. The predicted molar refractivity (Wildman–Crippen MR) is 90.7 cm³/mol. The summed E-state index contributed by atoms with van der Waals surface area (Å²) in [6, 6.07) is 4.86. The van der Waals surface area contributed by atoms with Gasteiger partial charge in [-0.15, -0.1) is 0 Å². The van der Waals surface area contributed by atoms with Gasteiger partial charge < -0.3 is 20.8 Å². The van der Waals surface area contributed by atoms with E-state index in [0.29, 0.717) is 10.8 Å². The van der Waals surface area contributed by atoms with Crippen LogP contribution in [0.5, 0.6) is 5.75 Å². The number of nitrogen functional groups attached to an aromatic ring is 1. The number of nitrogens with two attached hydrogens (primary N) is 1. The summed E-state index contributed by atoms with van der Waals surface area (Å²) in [5.74, 6) is -0.107. The Morgan fingerprint density at radius 2 is 2.08 bits per heavy atom. The lowest BCUT2D eigenvalue weighted by molar-refractivity contribution is 0.0922. The lowest BCUT2D eigenvalue weighted by atomic mass is 10.2. The van der Waals surface area contributed by atoms with Gasteiger partial charge in [0.15, 0.2) is 0 Å². The molecule has 0 aliphatic rings. The number of rotatable bonds is 5. The Morgan fingerprint density at radius 3 is 2.75 bits per heavy atom. The highest BCUT2D eigenvalue weighted by Gasteiger charge is 2.16. The molecule has 0 saturated heterocycles. The number of benzene rings is 1. The summed E-state index contributed by atoms with van der Waals surface area (Å²) in [6.07, 6.45) is 0. The van der Waals surface area contributed by atoms with Crippen molar-refractivity contribution < 1.29 is 9.53 Å². The van der Waals surface area contributed by atoms with E-state index in [2.05, 4.69) is 10.3 Å². The zero-order valence-corrected chi connectivity index (χ0v) is 13.9. The van der Waals surface area contributed by atoms with Crippen molar-refractivity contribution in [3.63, 3.8) is 0 Å². The number of H-pyrrole nitrogens is 2. The first-order chi connectivity index (χ1) is 11.3. The normalized spacial score (nSPS) is 11.8. The molecule has 24 heavy (non-hydrogen) atoms. The lowest BCUT2D eigenvalue weighted by Gasteiger charge is -2.15. The minimum Gasteiger partial charge on any atom is -0.491 e. The molecule has 1 aromatic heterocycles. The average Bonchev–Trinajstić information content (AvgIpc) is 2.52. The number of hydrogen-bond acceptors (Lipinski definition) is 5. The highest BCUT2D eigenvalue weighted by Crippen LogP contribution is 2.21. The Kier molecular flexibility index (Phi) is 5.30. The standard InChI is InChI=1S/C15H17ClN4O4/c1-7-3-4-9(5-10(7)16)24-6-8(2)18-14(22)12-11(17)13(21)20-15(23)19-12/h3-5,8H,6,17H2,1-2H3,(H,18,22)(H2,19,20,21,23)/t8-/m1/s1.